The SMILES string of the molecule is CCCOCCOP(O)(=S)OCCOCCC.N. The van der Waals surface area contributed by atoms with Crippen molar-refractivity contribution in [2.75, 3.05) is 39.6 Å². The molecule has 0 fully saturated rings. The lowest BCUT2D eigenvalue weighted by atomic mass is 10.5. The van der Waals surface area contributed by atoms with E-state index in [2.05, 4.69) is 0 Å². The van der Waals surface area contributed by atoms with Gasteiger partial charge in [0.2, 0.25) is 0 Å². The van der Waals surface area contributed by atoms with Crippen LogP contribution in [0.15, 0.2) is 0 Å². The summed E-state index contributed by atoms with van der Waals surface area (Å²) >= 11 is 4.81. The highest BCUT2D eigenvalue weighted by atomic mass is 32.5. The van der Waals surface area contributed by atoms with Gasteiger partial charge in [-0.2, -0.15) is 0 Å². The third-order valence-corrected chi connectivity index (χ3v) is 3.31. The van der Waals surface area contributed by atoms with Gasteiger partial charge in [0, 0.05) is 13.2 Å². The standard InChI is InChI=1S/C10H23O5PS.H3N/c1-3-5-12-7-9-14-16(11,17)15-10-8-13-6-4-2;/h3-10H2,1-2H3,(H,11,17);1H3. The van der Waals surface area contributed by atoms with Gasteiger partial charge in [0.15, 0.2) is 0 Å². The summed E-state index contributed by atoms with van der Waals surface area (Å²) in [4.78, 5) is 9.60. The molecule has 112 valence electrons. The van der Waals surface area contributed by atoms with Crippen LogP contribution in [0.1, 0.15) is 26.7 Å². The zero-order valence-electron chi connectivity index (χ0n) is 11.3. The smallest absolute Gasteiger partial charge is 0.324 e. The van der Waals surface area contributed by atoms with Crippen LogP contribution in [0.3, 0.4) is 0 Å². The molecule has 0 bridgehead atoms. The van der Waals surface area contributed by atoms with Crippen LogP contribution in [0.25, 0.3) is 0 Å². The Morgan fingerprint density at radius 1 is 0.833 bits per heavy atom. The molecule has 0 aromatic heterocycles. The highest BCUT2D eigenvalue weighted by molar-refractivity contribution is 8.07. The van der Waals surface area contributed by atoms with Crippen molar-refractivity contribution >= 4 is 18.5 Å². The fourth-order valence-electron chi connectivity index (χ4n) is 0.953. The monoisotopic (exact) mass is 303 g/mol. The predicted octanol–water partition coefficient (Wildman–Crippen LogP) is 2.25. The van der Waals surface area contributed by atoms with Gasteiger partial charge in [-0.05, 0) is 24.6 Å². The molecule has 0 aliphatic carbocycles. The highest BCUT2D eigenvalue weighted by Crippen LogP contribution is 2.43. The van der Waals surface area contributed by atoms with Crippen LogP contribution in [-0.2, 0) is 30.3 Å². The van der Waals surface area contributed by atoms with Gasteiger partial charge in [0.05, 0.1) is 26.4 Å². The molecule has 0 heterocycles. The molecule has 0 amide bonds. The van der Waals surface area contributed by atoms with Crippen molar-refractivity contribution in [3.63, 3.8) is 0 Å². The summed E-state index contributed by atoms with van der Waals surface area (Å²) in [6, 6.07) is 0. The third kappa shape index (κ3) is 14.5. The molecule has 0 aliphatic heterocycles. The van der Waals surface area contributed by atoms with E-state index >= 15 is 0 Å². The van der Waals surface area contributed by atoms with Crippen molar-refractivity contribution in [1.82, 2.24) is 6.15 Å². The second kappa shape index (κ2) is 13.8. The number of ether oxygens (including phenoxy) is 2. The normalized spacial score (nSPS) is 11.3. The third-order valence-electron chi connectivity index (χ3n) is 1.66. The molecule has 0 rings (SSSR count). The lowest BCUT2D eigenvalue weighted by Gasteiger charge is -2.15. The molecule has 4 N–H and O–H groups in total. The molecule has 0 aromatic carbocycles. The number of rotatable bonds is 12. The maximum Gasteiger partial charge on any atom is 0.324 e. The Morgan fingerprint density at radius 3 is 1.56 bits per heavy atom. The van der Waals surface area contributed by atoms with Gasteiger partial charge >= 0.3 is 6.72 Å². The van der Waals surface area contributed by atoms with Crippen molar-refractivity contribution in [3.05, 3.63) is 0 Å². The molecule has 0 atom stereocenters. The first kappa shape index (κ1) is 20.7. The average Bonchev–Trinajstić information content (AvgIpc) is 2.28. The Balaban J connectivity index is 0. The minimum Gasteiger partial charge on any atom is -0.379 e. The zero-order valence-corrected chi connectivity index (χ0v) is 13.0. The van der Waals surface area contributed by atoms with E-state index < -0.39 is 6.72 Å². The number of hydrogen-bond acceptors (Lipinski definition) is 6. The summed E-state index contributed by atoms with van der Waals surface area (Å²) in [7, 11) is 0. The summed E-state index contributed by atoms with van der Waals surface area (Å²) in [6.45, 7) is 3.65. The van der Waals surface area contributed by atoms with Gasteiger partial charge in [-0.1, -0.05) is 13.8 Å². The van der Waals surface area contributed by atoms with Crippen LogP contribution in [0.4, 0.5) is 0 Å². The van der Waals surface area contributed by atoms with E-state index in [1.54, 1.807) is 0 Å². The number of hydrogen-bond donors (Lipinski definition) is 2. The first-order valence-electron chi connectivity index (χ1n) is 5.89. The molecule has 0 aromatic rings. The van der Waals surface area contributed by atoms with Crippen molar-refractivity contribution in [3.8, 4) is 0 Å². The van der Waals surface area contributed by atoms with E-state index in [1.165, 1.54) is 0 Å². The van der Waals surface area contributed by atoms with Gasteiger partial charge in [0.25, 0.3) is 0 Å². The second-order valence-electron chi connectivity index (χ2n) is 3.36. The summed E-state index contributed by atoms with van der Waals surface area (Å²) in [5.74, 6) is 0. The predicted molar refractivity (Wildman–Crippen MR) is 75.6 cm³/mol. The average molecular weight is 303 g/mol. The molecular formula is C10H26NO5PS. The van der Waals surface area contributed by atoms with Crippen molar-refractivity contribution in [2.45, 2.75) is 26.7 Å². The van der Waals surface area contributed by atoms with Crippen LogP contribution in [-0.4, -0.2) is 44.5 Å². The lowest BCUT2D eigenvalue weighted by molar-refractivity contribution is 0.0725. The molecule has 6 nitrogen and oxygen atoms in total. The first-order chi connectivity index (χ1) is 8.12. The molecular weight excluding hydrogens is 277 g/mol. The molecule has 8 heteroatoms. The Kier molecular flexibility index (Phi) is 15.9. The van der Waals surface area contributed by atoms with Gasteiger partial charge in [-0.25, -0.2) is 0 Å². The van der Waals surface area contributed by atoms with Crippen LogP contribution in [0.2, 0.25) is 0 Å². The molecule has 0 unspecified atom stereocenters. The second-order valence-corrected chi connectivity index (χ2v) is 6.20. The fourth-order valence-corrected chi connectivity index (χ4v) is 2.09. The van der Waals surface area contributed by atoms with E-state index in [9.17, 15) is 4.89 Å². The summed E-state index contributed by atoms with van der Waals surface area (Å²) in [5, 5.41) is 0. The van der Waals surface area contributed by atoms with Gasteiger partial charge in [-0.15, -0.1) is 0 Å². The van der Waals surface area contributed by atoms with E-state index in [1.807, 2.05) is 13.8 Å². The molecule has 0 radical (unpaired) electrons. The first-order valence-corrected chi connectivity index (χ1v) is 8.48. The Hall–Kier alpha value is 0.410. The Morgan fingerprint density at radius 2 is 1.22 bits per heavy atom. The molecule has 0 spiro atoms. The zero-order chi connectivity index (χ0) is 13.0. The lowest BCUT2D eigenvalue weighted by Crippen LogP contribution is -2.07. The highest BCUT2D eigenvalue weighted by Gasteiger charge is 2.14. The van der Waals surface area contributed by atoms with Crippen LogP contribution in [0, 0.1) is 0 Å². The van der Waals surface area contributed by atoms with Crippen molar-refractivity contribution in [2.24, 2.45) is 0 Å². The van der Waals surface area contributed by atoms with E-state index in [0.29, 0.717) is 26.4 Å². The van der Waals surface area contributed by atoms with Crippen molar-refractivity contribution in [1.29, 1.82) is 0 Å². The minimum atomic E-state index is -3.12. The Labute approximate surface area is 115 Å². The van der Waals surface area contributed by atoms with E-state index in [0.717, 1.165) is 12.8 Å². The molecule has 0 saturated heterocycles. The largest absolute Gasteiger partial charge is 0.379 e. The minimum absolute atomic E-state index is 0. The van der Waals surface area contributed by atoms with Crippen LogP contribution < -0.4 is 6.15 Å². The maximum absolute atomic E-state index is 9.60. The van der Waals surface area contributed by atoms with Gasteiger partial charge < -0.3 is 29.6 Å². The molecule has 18 heavy (non-hydrogen) atoms. The molecule has 0 aliphatic rings. The van der Waals surface area contributed by atoms with Gasteiger partial charge in [0.1, 0.15) is 0 Å². The van der Waals surface area contributed by atoms with Gasteiger partial charge in [-0.3, -0.25) is 0 Å². The summed E-state index contributed by atoms with van der Waals surface area (Å²) < 4.78 is 20.5. The van der Waals surface area contributed by atoms with E-state index in [-0.39, 0.29) is 19.4 Å². The summed E-state index contributed by atoms with van der Waals surface area (Å²) in [6.07, 6.45) is 1.91. The molecule has 0 saturated carbocycles. The Bertz CT molecular complexity index is 202. The quantitative estimate of drug-likeness (QED) is 0.422. The maximum atomic E-state index is 9.60. The van der Waals surface area contributed by atoms with Crippen molar-refractivity contribution < 1.29 is 23.4 Å². The van der Waals surface area contributed by atoms with Crippen LogP contribution >= 0.6 is 6.72 Å². The topological polar surface area (TPSA) is 92.2 Å². The summed E-state index contributed by atoms with van der Waals surface area (Å²) in [5.41, 5.74) is 0. The fraction of sp³-hybridized carbons (Fsp3) is 1.00. The van der Waals surface area contributed by atoms with Crippen LogP contribution in [0.5, 0.6) is 0 Å². The van der Waals surface area contributed by atoms with E-state index in [4.69, 9.17) is 30.3 Å².